The smallest absolute Gasteiger partial charge is 0.416 e. The van der Waals surface area contributed by atoms with E-state index in [4.69, 9.17) is 39.5 Å². The summed E-state index contributed by atoms with van der Waals surface area (Å²) < 4.78 is 44.9. The zero-order valence-corrected chi connectivity index (χ0v) is 20.5. The van der Waals surface area contributed by atoms with Crippen LogP contribution in [0.1, 0.15) is 21.5 Å². The van der Waals surface area contributed by atoms with Gasteiger partial charge in [0.25, 0.3) is 5.91 Å². The maximum atomic E-state index is 13.1. The van der Waals surface area contributed by atoms with Gasteiger partial charge in [0.05, 0.1) is 27.7 Å². The lowest BCUT2D eigenvalue weighted by atomic mass is 10.1. The van der Waals surface area contributed by atoms with E-state index in [-0.39, 0.29) is 41.4 Å². The lowest BCUT2D eigenvalue weighted by Gasteiger charge is -2.23. The van der Waals surface area contributed by atoms with E-state index in [1.54, 1.807) is 6.07 Å². The molecule has 0 fully saturated rings. The second-order valence-corrected chi connectivity index (χ2v) is 9.03. The minimum atomic E-state index is -4.44. The van der Waals surface area contributed by atoms with Gasteiger partial charge in [-0.25, -0.2) is 0 Å². The molecule has 33 heavy (non-hydrogen) atoms. The van der Waals surface area contributed by atoms with Crippen LogP contribution in [0.3, 0.4) is 0 Å². The molecule has 0 spiro atoms. The summed E-state index contributed by atoms with van der Waals surface area (Å²) in [5.74, 6) is -0.158. The van der Waals surface area contributed by atoms with Crippen LogP contribution in [0, 0.1) is 0 Å². The first-order valence-corrected chi connectivity index (χ1v) is 11.3. The summed E-state index contributed by atoms with van der Waals surface area (Å²) in [4.78, 5) is 18.5. The number of hydrogen-bond donors (Lipinski definition) is 0. The quantitative estimate of drug-likeness (QED) is 0.289. The van der Waals surface area contributed by atoms with Crippen LogP contribution in [0.5, 0.6) is 5.75 Å². The van der Waals surface area contributed by atoms with E-state index in [1.165, 1.54) is 41.6 Å². The Morgan fingerprint density at radius 1 is 1.03 bits per heavy atom. The summed E-state index contributed by atoms with van der Waals surface area (Å²) in [6, 6.07) is 9.16. The summed E-state index contributed by atoms with van der Waals surface area (Å²) in [6.07, 6.45) is -1.51. The average molecular weight is 583 g/mol. The number of pyridine rings is 1. The van der Waals surface area contributed by atoms with E-state index >= 15 is 0 Å². The predicted octanol–water partition coefficient (Wildman–Crippen LogP) is 7.54. The third-order valence-electron chi connectivity index (χ3n) is 4.46. The first kappa shape index (κ1) is 25.6. The third-order valence-corrected chi connectivity index (χ3v) is 5.68. The number of nitrogens with zero attached hydrogens (tertiary/aromatic N) is 2. The van der Waals surface area contributed by atoms with Crippen molar-refractivity contribution in [1.82, 2.24) is 9.88 Å². The molecule has 0 bridgehead atoms. The molecule has 0 aliphatic heterocycles. The molecule has 2 aromatic carbocycles. The molecule has 1 heterocycles. The molecule has 0 saturated carbocycles. The molecule has 0 unspecified atom stereocenters. The highest BCUT2D eigenvalue weighted by atomic mass is 79.9. The number of rotatable bonds is 7. The van der Waals surface area contributed by atoms with Crippen molar-refractivity contribution in [2.24, 2.45) is 0 Å². The Morgan fingerprint density at radius 2 is 1.67 bits per heavy atom. The number of ether oxygens (including phenoxy) is 1. The second kappa shape index (κ2) is 11.0. The first-order chi connectivity index (χ1) is 15.5. The van der Waals surface area contributed by atoms with Gasteiger partial charge in [-0.2, -0.15) is 13.2 Å². The zero-order valence-electron chi connectivity index (χ0n) is 16.7. The molecule has 0 N–H and O–H groups in total. The number of amides is 1. The number of carbonyl (C=O) groups excluding carboxylic acids is 1. The van der Waals surface area contributed by atoms with Crippen LogP contribution < -0.4 is 4.74 Å². The van der Waals surface area contributed by atoms with E-state index in [9.17, 15) is 18.0 Å². The van der Waals surface area contributed by atoms with Crippen LogP contribution >= 0.6 is 50.7 Å². The molecule has 0 aliphatic rings. The Balaban J connectivity index is 1.79. The van der Waals surface area contributed by atoms with Gasteiger partial charge in [0.2, 0.25) is 0 Å². The molecule has 1 amide bonds. The van der Waals surface area contributed by atoms with Crippen molar-refractivity contribution in [1.29, 1.82) is 0 Å². The van der Waals surface area contributed by atoms with Crippen molar-refractivity contribution in [2.75, 3.05) is 13.2 Å². The summed E-state index contributed by atoms with van der Waals surface area (Å²) in [5, 5.41) is 0.771. The molecule has 3 rings (SSSR count). The summed E-state index contributed by atoms with van der Waals surface area (Å²) in [5.41, 5.74) is 0.0522. The minimum Gasteiger partial charge on any atom is -0.489 e. The van der Waals surface area contributed by atoms with Gasteiger partial charge >= 0.3 is 6.18 Å². The van der Waals surface area contributed by atoms with Gasteiger partial charge in [-0.1, -0.05) is 46.9 Å². The molecular formula is C22H15BrCl3F3N2O2. The highest BCUT2D eigenvalue weighted by Crippen LogP contribution is 2.36. The van der Waals surface area contributed by atoms with Crippen LogP contribution in [0.2, 0.25) is 15.1 Å². The van der Waals surface area contributed by atoms with Crippen molar-refractivity contribution in [3.8, 4) is 5.75 Å². The van der Waals surface area contributed by atoms with E-state index in [2.05, 4.69) is 20.9 Å². The standard InChI is InChI=1S/C22H15BrCl3F3N2O2/c23-16-7-14(10-30-11-16)21(32)31(12-13-1-3-15(4-2-13)22(27,28)29)5-6-33-20-18(25)8-17(24)9-19(20)26/h1-4,7-11H,5-6,12H2. The fourth-order valence-corrected chi connectivity index (χ4v) is 4.20. The van der Waals surface area contributed by atoms with E-state index in [1.807, 2.05) is 0 Å². The van der Waals surface area contributed by atoms with E-state index in [0.717, 1.165) is 12.1 Å². The van der Waals surface area contributed by atoms with Crippen LogP contribution in [0.4, 0.5) is 13.2 Å². The topological polar surface area (TPSA) is 42.4 Å². The molecule has 3 aromatic rings. The van der Waals surface area contributed by atoms with Crippen molar-refractivity contribution < 1.29 is 22.7 Å². The summed E-state index contributed by atoms with van der Waals surface area (Å²) in [7, 11) is 0. The molecule has 0 atom stereocenters. The van der Waals surface area contributed by atoms with Crippen LogP contribution in [0.25, 0.3) is 0 Å². The zero-order chi connectivity index (χ0) is 24.2. The number of halogens is 7. The van der Waals surface area contributed by atoms with Gasteiger partial charge in [-0.15, -0.1) is 0 Å². The van der Waals surface area contributed by atoms with Gasteiger partial charge in [-0.05, 0) is 51.8 Å². The third kappa shape index (κ3) is 6.99. The van der Waals surface area contributed by atoms with Gasteiger partial charge < -0.3 is 9.64 Å². The van der Waals surface area contributed by atoms with Gasteiger partial charge in [0.15, 0.2) is 5.75 Å². The fraction of sp³-hybridized carbons (Fsp3) is 0.182. The Bertz CT molecular complexity index is 1120. The molecule has 11 heteroatoms. The Kier molecular flexibility index (Phi) is 8.50. The molecule has 174 valence electrons. The lowest BCUT2D eigenvalue weighted by Crippen LogP contribution is -2.34. The fourth-order valence-electron chi connectivity index (χ4n) is 2.91. The number of alkyl halides is 3. The molecule has 1 aromatic heterocycles. The van der Waals surface area contributed by atoms with Crippen LogP contribution in [-0.2, 0) is 12.7 Å². The molecule has 0 saturated heterocycles. The predicted molar refractivity (Wildman–Crippen MR) is 125 cm³/mol. The van der Waals surface area contributed by atoms with E-state index in [0.29, 0.717) is 20.6 Å². The van der Waals surface area contributed by atoms with Crippen molar-refractivity contribution in [2.45, 2.75) is 12.7 Å². The molecule has 0 radical (unpaired) electrons. The first-order valence-electron chi connectivity index (χ1n) is 9.38. The lowest BCUT2D eigenvalue weighted by molar-refractivity contribution is -0.137. The summed E-state index contributed by atoms with van der Waals surface area (Å²) in [6.45, 7) is 0.172. The largest absolute Gasteiger partial charge is 0.489 e. The Labute approximate surface area is 211 Å². The monoisotopic (exact) mass is 580 g/mol. The van der Waals surface area contributed by atoms with Gasteiger partial charge in [-0.3, -0.25) is 9.78 Å². The van der Waals surface area contributed by atoms with Crippen LogP contribution in [-0.4, -0.2) is 28.9 Å². The maximum Gasteiger partial charge on any atom is 0.416 e. The average Bonchev–Trinajstić information content (AvgIpc) is 2.74. The maximum absolute atomic E-state index is 13.1. The van der Waals surface area contributed by atoms with E-state index < -0.39 is 11.7 Å². The SMILES string of the molecule is O=C(c1cncc(Br)c1)N(CCOc1c(Cl)cc(Cl)cc1Cl)Cc1ccc(C(F)(F)F)cc1. The van der Waals surface area contributed by atoms with Crippen molar-refractivity contribution >= 4 is 56.6 Å². The number of carbonyl (C=O) groups is 1. The Morgan fingerprint density at radius 3 is 2.24 bits per heavy atom. The van der Waals surface area contributed by atoms with Gasteiger partial charge in [0.1, 0.15) is 6.61 Å². The molecular weight excluding hydrogens is 568 g/mol. The minimum absolute atomic E-state index is 0.0227. The highest BCUT2D eigenvalue weighted by Gasteiger charge is 2.30. The van der Waals surface area contributed by atoms with Crippen LogP contribution in [0.15, 0.2) is 59.3 Å². The molecule has 0 aliphatic carbocycles. The van der Waals surface area contributed by atoms with Crippen molar-refractivity contribution in [3.63, 3.8) is 0 Å². The normalized spacial score (nSPS) is 11.4. The van der Waals surface area contributed by atoms with Gasteiger partial charge in [0, 0.05) is 28.4 Å². The number of hydrogen-bond acceptors (Lipinski definition) is 3. The highest BCUT2D eigenvalue weighted by molar-refractivity contribution is 9.10. The summed E-state index contributed by atoms with van der Waals surface area (Å²) >= 11 is 21.4. The number of benzene rings is 2. The Hall–Kier alpha value is -2.00. The second-order valence-electron chi connectivity index (χ2n) is 6.86. The molecule has 4 nitrogen and oxygen atoms in total. The van der Waals surface area contributed by atoms with Crippen molar-refractivity contribution in [3.05, 3.63) is 91.1 Å². The number of aromatic nitrogens is 1.